The van der Waals surface area contributed by atoms with E-state index in [1.54, 1.807) is 0 Å². The van der Waals surface area contributed by atoms with E-state index in [0.29, 0.717) is 13.2 Å². The number of aliphatic hydroxyl groups is 2. The Morgan fingerprint density at radius 1 is 0.818 bits per heavy atom. The van der Waals surface area contributed by atoms with Gasteiger partial charge < -0.3 is 19.7 Å². The monoisotopic (exact) mass is 316 g/mol. The Morgan fingerprint density at radius 2 is 1.32 bits per heavy atom. The molecule has 0 aromatic rings. The molecular formula is C17H32O5. The first-order valence-corrected chi connectivity index (χ1v) is 8.78. The molecule has 130 valence electrons. The van der Waals surface area contributed by atoms with Crippen molar-refractivity contribution in [1.82, 2.24) is 0 Å². The van der Waals surface area contributed by atoms with Crippen LogP contribution >= 0.6 is 0 Å². The second-order valence-electron chi connectivity index (χ2n) is 6.09. The largest absolute Gasteiger partial charge is 0.462 e. The van der Waals surface area contributed by atoms with Crippen LogP contribution in [0.4, 0.5) is 0 Å². The predicted molar refractivity (Wildman–Crippen MR) is 84.5 cm³/mol. The van der Waals surface area contributed by atoms with E-state index in [0.717, 1.165) is 25.7 Å². The van der Waals surface area contributed by atoms with Crippen molar-refractivity contribution in [2.75, 3.05) is 26.4 Å². The van der Waals surface area contributed by atoms with Crippen LogP contribution in [0.2, 0.25) is 0 Å². The van der Waals surface area contributed by atoms with Gasteiger partial charge in [-0.2, -0.15) is 0 Å². The molecule has 0 amide bonds. The first-order valence-electron chi connectivity index (χ1n) is 8.78. The number of hydrogen-bond acceptors (Lipinski definition) is 5. The Balaban J connectivity index is 0.000000295. The second kappa shape index (κ2) is 12.9. The van der Waals surface area contributed by atoms with Gasteiger partial charge in [0.15, 0.2) is 0 Å². The highest BCUT2D eigenvalue weighted by molar-refractivity contribution is 5.72. The lowest BCUT2D eigenvalue weighted by Gasteiger charge is -2.26. The summed E-state index contributed by atoms with van der Waals surface area (Å²) in [6.07, 6.45) is 12.1. The van der Waals surface area contributed by atoms with E-state index in [1.165, 1.54) is 38.5 Å². The van der Waals surface area contributed by atoms with Crippen LogP contribution in [-0.4, -0.2) is 48.7 Å². The molecule has 2 aliphatic carbocycles. The third-order valence-corrected chi connectivity index (χ3v) is 4.24. The number of ether oxygens (including phenoxy) is 2. The van der Waals surface area contributed by atoms with Crippen LogP contribution in [0.1, 0.15) is 64.2 Å². The van der Waals surface area contributed by atoms with Crippen LogP contribution in [0, 0.1) is 5.92 Å². The standard InChI is InChI=1S/C13H22O2.C4H10O3/c14-13(11-7-3-1-4-8-11)15-12-9-5-2-6-10-12;5-1-3-7-4-2-6/h11-12H,1-10H2;5-6H,1-4H2. The van der Waals surface area contributed by atoms with Crippen LogP contribution in [0.5, 0.6) is 0 Å². The van der Waals surface area contributed by atoms with Gasteiger partial charge in [0.1, 0.15) is 6.10 Å². The minimum Gasteiger partial charge on any atom is -0.462 e. The molecule has 0 atom stereocenters. The fourth-order valence-electron chi connectivity index (χ4n) is 3.01. The fourth-order valence-corrected chi connectivity index (χ4v) is 3.01. The lowest BCUT2D eigenvalue weighted by Crippen LogP contribution is -2.27. The highest BCUT2D eigenvalue weighted by atomic mass is 16.5. The van der Waals surface area contributed by atoms with Crippen molar-refractivity contribution in [3.63, 3.8) is 0 Å². The minimum absolute atomic E-state index is 0.0278. The van der Waals surface area contributed by atoms with Gasteiger partial charge in [0.25, 0.3) is 0 Å². The molecule has 5 nitrogen and oxygen atoms in total. The van der Waals surface area contributed by atoms with Crippen LogP contribution in [-0.2, 0) is 14.3 Å². The molecule has 0 aromatic carbocycles. The summed E-state index contributed by atoms with van der Waals surface area (Å²) in [4.78, 5) is 11.8. The first-order chi connectivity index (χ1) is 10.8. The first kappa shape index (κ1) is 19.4. The summed E-state index contributed by atoms with van der Waals surface area (Å²) >= 11 is 0. The predicted octanol–water partition coefficient (Wildman–Crippen LogP) is 2.43. The molecule has 0 heterocycles. The molecule has 2 aliphatic rings. The van der Waals surface area contributed by atoms with Gasteiger partial charge in [-0.25, -0.2) is 0 Å². The van der Waals surface area contributed by atoms with Crippen LogP contribution in [0.3, 0.4) is 0 Å². The maximum Gasteiger partial charge on any atom is 0.309 e. The molecule has 5 heteroatoms. The molecular weight excluding hydrogens is 284 g/mol. The summed E-state index contributed by atoms with van der Waals surface area (Å²) < 4.78 is 10.2. The summed E-state index contributed by atoms with van der Waals surface area (Å²) in [6, 6.07) is 0. The third-order valence-electron chi connectivity index (χ3n) is 4.24. The van der Waals surface area contributed by atoms with Gasteiger partial charge in [-0.1, -0.05) is 25.7 Å². The molecule has 2 saturated carbocycles. The lowest BCUT2D eigenvalue weighted by molar-refractivity contribution is -0.156. The average Bonchev–Trinajstić information content (AvgIpc) is 2.58. The van der Waals surface area contributed by atoms with E-state index < -0.39 is 0 Å². The SMILES string of the molecule is O=C(OC1CCCCC1)C1CCCCC1.OCCOCCO. The highest BCUT2D eigenvalue weighted by Crippen LogP contribution is 2.27. The lowest BCUT2D eigenvalue weighted by atomic mass is 9.89. The molecule has 2 fully saturated rings. The normalized spacial score (nSPS) is 20.1. The van der Waals surface area contributed by atoms with Crippen molar-refractivity contribution in [3.8, 4) is 0 Å². The summed E-state index contributed by atoms with van der Waals surface area (Å²) in [5, 5.41) is 16.2. The summed E-state index contributed by atoms with van der Waals surface area (Å²) in [7, 11) is 0. The van der Waals surface area contributed by atoms with Gasteiger partial charge in [0, 0.05) is 0 Å². The number of aliphatic hydroxyl groups excluding tert-OH is 2. The average molecular weight is 316 g/mol. The van der Waals surface area contributed by atoms with Gasteiger partial charge >= 0.3 is 5.97 Å². The Morgan fingerprint density at radius 3 is 1.82 bits per heavy atom. The van der Waals surface area contributed by atoms with E-state index in [9.17, 15) is 4.79 Å². The molecule has 0 radical (unpaired) electrons. The maximum atomic E-state index is 11.8. The van der Waals surface area contributed by atoms with E-state index in [2.05, 4.69) is 4.74 Å². The van der Waals surface area contributed by atoms with Gasteiger partial charge in [-0.3, -0.25) is 4.79 Å². The number of rotatable bonds is 6. The van der Waals surface area contributed by atoms with E-state index in [-0.39, 0.29) is 31.2 Å². The van der Waals surface area contributed by atoms with Gasteiger partial charge in [0.2, 0.25) is 0 Å². The third kappa shape index (κ3) is 8.71. The van der Waals surface area contributed by atoms with E-state index >= 15 is 0 Å². The summed E-state index contributed by atoms with van der Waals surface area (Å²) in [5.74, 6) is 0.322. The quantitative estimate of drug-likeness (QED) is 0.581. The molecule has 2 N–H and O–H groups in total. The van der Waals surface area contributed by atoms with Crippen LogP contribution in [0.25, 0.3) is 0 Å². The van der Waals surface area contributed by atoms with Gasteiger partial charge in [-0.15, -0.1) is 0 Å². The number of hydrogen-bond donors (Lipinski definition) is 2. The van der Waals surface area contributed by atoms with E-state index in [4.69, 9.17) is 14.9 Å². The Bertz CT molecular complexity index is 266. The minimum atomic E-state index is 0.0278. The smallest absolute Gasteiger partial charge is 0.309 e. The fraction of sp³-hybridized carbons (Fsp3) is 0.941. The molecule has 0 saturated heterocycles. The zero-order valence-corrected chi connectivity index (χ0v) is 13.7. The highest BCUT2D eigenvalue weighted by Gasteiger charge is 2.25. The molecule has 0 aliphatic heterocycles. The Hall–Kier alpha value is -0.650. The van der Waals surface area contributed by atoms with Crippen molar-refractivity contribution in [3.05, 3.63) is 0 Å². The summed E-state index contributed by atoms with van der Waals surface area (Å²) in [5.41, 5.74) is 0. The zero-order valence-electron chi connectivity index (χ0n) is 13.7. The van der Waals surface area contributed by atoms with Crippen LogP contribution < -0.4 is 0 Å². The molecule has 0 unspecified atom stereocenters. The topological polar surface area (TPSA) is 76.0 Å². The Kier molecular flexibility index (Phi) is 11.3. The number of carbonyl (C=O) groups is 1. The van der Waals surface area contributed by atoms with Crippen molar-refractivity contribution in [2.45, 2.75) is 70.3 Å². The van der Waals surface area contributed by atoms with Gasteiger partial charge in [-0.05, 0) is 38.5 Å². The molecule has 0 bridgehead atoms. The summed E-state index contributed by atoms with van der Waals surface area (Å²) in [6.45, 7) is 0.696. The number of esters is 1. The molecule has 0 aromatic heterocycles. The maximum absolute atomic E-state index is 11.8. The van der Waals surface area contributed by atoms with Gasteiger partial charge in [0.05, 0.1) is 32.3 Å². The molecule has 0 spiro atoms. The van der Waals surface area contributed by atoms with E-state index in [1.807, 2.05) is 0 Å². The van der Waals surface area contributed by atoms with Crippen molar-refractivity contribution in [2.24, 2.45) is 5.92 Å². The van der Waals surface area contributed by atoms with Crippen molar-refractivity contribution in [1.29, 1.82) is 0 Å². The van der Waals surface area contributed by atoms with Crippen molar-refractivity contribution < 1.29 is 24.5 Å². The molecule has 22 heavy (non-hydrogen) atoms. The second-order valence-corrected chi connectivity index (χ2v) is 6.09. The van der Waals surface area contributed by atoms with Crippen molar-refractivity contribution >= 4 is 5.97 Å². The Labute approximate surface area is 134 Å². The zero-order chi connectivity index (χ0) is 16.0. The van der Waals surface area contributed by atoms with Crippen LogP contribution in [0.15, 0.2) is 0 Å². The number of carbonyl (C=O) groups excluding carboxylic acids is 1. The molecule has 2 rings (SSSR count).